The van der Waals surface area contributed by atoms with Crippen LogP contribution in [0.4, 0.5) is 13.2 Å². The van der Waals surface area contributed by atoms with Gasteiger partial charge in [0.25, 0.3) is 0 Å². The number of unbranched alkanes of at least 4 members (excludes halogenated alkanes) is 21. The molecule has 1 saturated heterocycles. The van der Waals surface area contributed by atoms with E-state index >= 15 is 0 Å². The summed E-state index contributed by atoms with van der Waals surface area (Å²) in [5, 5.41) is 57.1. The predicted octanol–water partition coefficient (Wildman–Crippen LogP) is 8.42. The molecule has 1 heterocycles. The van der Waals surface area contributed by atoms with Crippen molar-refractivity contribution in [2.45, 2.75) is 235 Å². The molecule has 5 unspecified atom stereocenters. The lowest BCUT2D eigenvalue weighted by Crippen LogP contribution is -2.60. The summed E-state index contributed by atoms with van der Waals surface area (Å²) in [5.74, 6) is -0.309. The van der Waals surface area contributed by atoms with Gasteiger partial charge in [0.05, 0.1) is 30.9 Å². The minimum absolute atomic E-state index is 0.0336. The van der Waals surface area contributed by atoms with Gasteiger partial charge in [0.2, 0.25) is 5.91 Å². The van der Waals surface area contributed by atoms with Gasteiger partial charge in [0.1, 0.15) is 30.5 Å². The first kappa shape index (κ1) is 56.2. The SMILES string of the molecule is CCCCCCCCCCCCCC[C@@H](O)[C@@H](O)[C@H](COC1OC(COCCCCCCN)C(O)C(O)C1O)NC(=O)CCCCCCCCCCc1ccc(C(F)(F)F)cc1. The number of hydrogen-bond acceptors (Lipinski definition) is 10. The van der Waals surface area contributed by atoms with Crippen molar-refractivity contribution in [1.82, 2.24) is 5.32 Å². The van der Waals surface area contributed by atoms with Crippen LogP contribution >= 0.6 is 0 Å². The maximum absolute atomic E-state index is 13.1. The third-order valence-electron chi connectivity index (χ3n) is 12.0. The number of nitrogens with two attached hydrogens (primary N) is 1. The zero-order chi connectivity index (χ0) is 45.4. The normalized spacial score (nSPS) is 20.9. The third kappa shape index (κ3) is 25.0. The number of nitrogens with one attached hydrogen (secondary N) is 1. The van der Waals surface area contributed by atoms with E-state index in [0.29, 0.717) is 26.0 Å². The number of rotatable bonds is 38. The van der Waals surface area contributed by atoms with E-state index < -0.39 is 60.7 Å². The molecule has 1 aromatic carbocycles. The highest BCUT2D eigenvalue weighted by atomic mass is 19.4. The van der Waals surface area contributed by atoms with Crippen LogP contribution in [0.3, 0.4) is 0 Å². The van der Waals surface area contributed by atoms with E-state index in [0.717, 1.165) is 120 Å². The molecule has 0 radical (unpaired) electrons. The van der Waals surface area contributed by atoms with Gasteiger partial charge in [-0.25, -0.2) is 0 Å². The minimum atomic E-state index is -4.32. The molecule has 0 saturated carbocycles. The second-order valence-electron chi connectivity index (χ2n) is 17.6. The fourth-order valence-corrected chi connectivity index (χ4v) is 7.97. The molecule has 2 rings (SSSR count). The number of carbonyl (C=O) groups excluding carboxylic acids is 1. The molecule has 0 bridgehead atoms. The highest BCUT2D eigenvalue weighted by Gasteiger charge is 2.45. The zero-order valence-electron chi connectivity index (χ0n) is 37.9. The summed E-state index contributed by atoms with van der Waals surface area (Å²) < 4.78 is 55.8. The monoisotopic (exact) mass is 891 g/mol. The van der Waals surface area contributed by atoms with Crippen molar-refractivity contribution in [1.29, 1.82) is 0 Å². The summed E-state index contributed by atoms with van der Waals surface area (Å²) in [4.78, 5) is 13.1. The van der Waals surface area contributed by atoms with Gasteiger partial charge in [0, 0.05) is 13.0 Å². The summed E-state index contributed by atoms with van der Waals surface area (Å²) in [6.45, 7) is 2.94. The van der Waals surface area contributed by atoms with Crippen LogP contribution in [0.25, 0.3) is 0 Å². The first-order chi connectivity index (χ1) is 29.9. The number of carbonyl (C=O) groups is 1. The molecule has 0 aromatic heterocycles. The number of aliphatic hydroxyl groups excluding tert-OH is 5. The Morgan fingerprint density at radius 1 is 0.726 bits per heavy atom. The van der Waals surface area contributed by atoms with Crippen LogP contribution < -0.4 is 11.1 Å². The van der Waals surface area contributed by atoms with Crippen LogP contribution in [0.5, 0.6) is 0 Å². The maximum atomic E-state index is 13.1. The summed E-state index contributed by atoms with van der Waals surface area (Å²) >= 11 is 0. The molecule has 1 aromatic rings. The number of benzene rings is 1. The molecule has 8 atom stereocenters. The molecule has 14 heteroatoms. The smallest absolute Gasteiger partial charge is 0.390 e. The van der Waals surface area contributed by atoms with Gasteiger partial charge >= 0.3 is 6.18 Å². The van der Waals surface area contributed by atoms with E-state index in [1.54, 1.807) is 12.1 Å². The fraction of sp³-hybridized carbons (Fsp3) is 0.854. The number of ether oxygens (including phenoxy) is 3. The van der Waals surface area contributed by atoms with Crippen LogP contribution in [0.2, 0.25) is 0 Å². The Kier molecular flexibility index (Phi) is 31.3. The molecule has 11 nitrogen and oxygen atoms in total. The Balaban J connectivity index is 1.80. The molecule has 62 heavy (non-hydrogen) atoms. The van der Waals surface area contributed by atoms with Gasteiger partial charge in [0.15, 0.2) is 6.29 Å². The molecule has 8 N–H and O–H groups in total. The first-order valence-corrected chi connectivity index (χ1v) is 24.3. The van der Waals surface area contributed by atoms with Crippen molar-refractivity contribution in [3.63, 3.8) is 0 Å². The standard InChI is InChI=1S/C48H85F3N2O9/c1-2-3-4-5-6-7-8-9-10-14-17-22-27-40(54)43(56)39(35-61-47-46(59)45(58)44(57)41(62-47)36-60-34-25-20-19-24-33-52)53-42(55)28-23-18-15-12-11-13-16-21-26-37-29-31-38(32-30-37)48(49,50)51/h29-32,39-41,43-47,54,56-59H,2-28,33-36,52H2,1H3,(H,53,55)/t39-,40+,41?,43-,44?,45?,46?,47?/m0/s1. The van der Waals surface area contributed by atoms with Gasteiger partial charge in [-0.3, -0.25) is 4.79 Å². The van der Waals surface area contributed by atoms with Crippen LogP contribution in [0.15, 0.2) is 24.3 Å². The lowest BCUT2D eigenvalue weighted by Gasteiger charge is -2.40. The number of amides is 1. The lowest BCUT2D eigenvalue weighted by molar-refractivity contribution is -0.304. The molecule has 1 aliphatic rings. The van der Waals surface area contributed by atoms with E-state index in [-0.39, 0.29) is 25.5 Å². The van der Waals surface area contributed by atoms with Crippen molar-refractivity contribution in [3.05, 3.63) is 35.4 Å². The Morgan fingerprint density at radius 3 is 1.84 bits per heavy atom. The second kappa shape index (κ2) is 34.5. The molecule has 1 fully saturated rings. The lowest BCUT2D eigenvalue weighted by atomic mass is 9.98. The van der Waals surface area contributed by atoms with Crippen molar-refractivity contribution in [3.8, 4) is 0 Å². The molecule has 0 spiro atoms. The van der Waals surface area contributed by atoms with E-state index in [1.807, 2.05) is 0 Å². The number of hydrogen-bond donors (Lipinski definition) is 7. The molecular weight excluding hydrogens is 806 g/mol. The van der Waals surface area contributed by atoms with Gasteiger partial charge in [-0.2, -0.15) is 13.2 Å². The van der Waals surface area contributed by atoms with Crippen LogP contribution in [0.1, 0.15) is 185 Å². The Morgan fingerprint density at radius 2 is 1.26 bits per heavy atom. The fourth-order valence-electron chi connectivity index (χ4n) is 7.97. The van der Waals surface area contributed by atoms with Crippen molar-refractivity contribution >= 4 is 5.91 Å². The quantitative estimate of drug-likeness (QED) is 0.0318. The largest absolute Gasteiger partial charge is 0.416 e. The van der Waals surface area contributed by atoms with Crippen molar-refractivity contribution < 1.29 is 57.7 Å². The van der Waals surface area contributed by atoms with Gasteiger partial charge < -0.3 is 50.8 Å². The third-order valence-corrected chi connectivity index (χ3v) is 12.0. The Hall–Kier alpha value is -1.88. The molecule has 0 aliphatic carbocycles. The maximum Gasteiger partial charge on any atom is 0.416 e. The minimum Gasteiger partial charge on any atom is -0.390 e. The zero-order valence-corrected chi connectivity index (χ0v) is 37.9. The van der Waals surface area contributed by atoms with Crippen molar-refractivity contribution in [2.75, 3.05) is 26.4 Å². The highest BCUT2D eigenvalue weighted by Crippen LogP contribution is 2.29. The summed E-state index contributed by atoms with van der Waals surface area (Å²) in [6.07, 6.45) is 12.7. The topological polar surface area (TPSA) is 184 Å². The number of alkyl halides is 3. The van der Waals surface area contributed by atoms with Crippen LogP contribution in [-0.2, 0) is 31.6 Å². The van der Waals surface area contributed by atoms with Crippen molar-refractivity contribution in [2.24, 2.45) is 5.73 Å². The molecule has 362 valence electrons. The number of halogens is 3. The van der Waals surface area contributed by atoms with Gasteiger partial charge in [-0.05, 0) is 62.8 Å². The molecular formula is C48H85F3N2O9. The molecule has 1 amide bonds. The summed E-state index contributed by atoms with van der Waals surface area (Å²) in [7, 11) is 0. The van der Waals surface area contributed by atoms with E-state index in [9.17, 15) is 43.5 Å². The first-order valence-electron chi connectivity index (χ1n) is 24.3. The Bertz CT molecular complexity index is 1230. The Labute approximate surface area is 371 Å². The van der Waals surface area contributed by atoms with E-state index in [2.05, 4.69) is 12.2 Å². The van der Waals surface area contributed by atoms with Crippen LogP contribution in [-0.4, -0.2) is 107 Å². The average Bonchev–Trinajstić information content (AvgIpc) is 3.25. The van der Waals surface area contributed by atoms with Crippen LogP contribution in [0, 0.1) is 0 Å². The summed E-state index contributed by atoms with van der Waals surface area (Å²) in [6, 6.07) is 4.33. The van der Waals surface area contributed by atoms with Gasteiger partial charge in [-0.1, -0.05) is 147 Å². The van der Waals surface area contributed by atoms with E-state index in [1.165, 1.54) is 51.4 Å². The van der Waals surface area contributed by atoms with Gasteiger partial charge in [-0.15, -0.1) is 0 Å². The highest BCUT2D eigenvalue weighted by molar-refractivity contribution is 5.76. The molecule has 1 aliphatic heterocycles. The number of aryl methyl sites for hydroxylation is 1. The second-order valence-corrected chi connectivity index (χ2v) is 17.6. The number of aliphatic hydroxyl groups is 5. The predicted molar refractivity (Wildman–Crippen MR) is 237 cm³/mol. The summed E-state index contributed by atoms with van der Waals surface area (Å²) in [5.41, 5.74) is 5.82. The van der Waals surface area contributed by atoms with E-state index in [4.69, 9.17) is 19.9 Å². The average molecular weight is 891 g/mol.